The number of rotatable bonds is 5. The zero-order valence-corrected chi connectivity index (χ0v) is 15.1. The average molecular weight is 421 g/mol. The van der Waals surface area contributed by atoms with Crippen molar-refractivity contribution in [1.29, 1.82) is 0 Å². The van der Waals surface area contributed by atoms with Crippen molar-refractivity contribution in [2.24, 2.45) is 0 Å². The van der Waals surface area contributed by atoms with E-state index in [1.165, 1.54) is 9.13 Å². The lowest BCUT2D eigenvalue weighted by Crippen LogP contribution is -2.28. The molecule has 23 heavy (non-hydrogen) atoms. The predicted molar refractivity (Wildman–Crippen MR) is 99.8 cm³/mol. The largest absolute Gasteiger partial charge is 0.493 e. The highest BCUT2D eigenvalue weighted by Crippen LogP contribution is 2.36. The van der Waals surface area contributed by atoms with Crippen molar-refractivity contribution in [1.82, 2.24) is 5.32 Å². The molecule has 1 amide bonds. The number of hydrogen-bond donors (Lipinski definition) is 1. The third-order valence-electron chi connectivity index (χ3n) is 4.16. The van der Waals surface area contributed by atoms with Crippen molar-refractivity contribution in [3.8, 4) is 5.75 Å². The van der Waals surface area contributed by atoms with Gasteiger partial charge in [0, 0.05) is 10.1 Å². The van der Waals surface area contributed by atoms with Gasteiger partial charge in [0.1, 0.15) is 5.75 Å². The van der Waals surface area contributed by atoms with Gasteiger partial charge in [-0.2, -0.15) is 0 Å². The standard InChI is InChI=1S/C19H20INO2/c20-16-6-7-18-17(13-16)15(9-11-23-18)8-10-21-19(22)12-14-4-2-1-3-5-14/h1-7,13,15H,8-12H2,(H,21,22). The number of nitrogens with one attached hydrogen (secondary N) is 1. The maximum atomic E-state index is 12.0. The van der Waals surface area contributed by atoms with Crippen LogP contribution in [0.5, 0.6) is 5.75 Å². The summed E-state index contributed by atoms with van der Waals surface area (Å²) in [6.45, 7) is 1.47. The molecule has 0 aliphatic carbocycles. The van der Waals surface area contributed by atoms with Crippen LogP contribution in [0, 0.1) is 3.57 Å². The van der Waals surface area contributed by atoms with Crippen LogP contribution in [0.2, 0.25) is 0 Å². The van der Waals surface area contributed by atoms with Gasteiger partial charge >= 0.3 is 0 Å². The van der Waals surface area contributed by atoms with E-state index in [0.717, 1.165) is 30.8 Å². The van der Waals surface area contributed by atoms with E-state index in [9.17, 15) is 4.79 Å². The summed E-state index contributed by atoms with van der Waals surface area (Å²) in [5.74, 6) is 1.55. The molecule has 1 aliphatic heterocycles. The summed E-state index contributed by atoms with van der Waals surface area (Å²) in [6.07, 6.45) is 2.42. The Morgan fingerprint density at radius 3 is 2.87 bits per heavy atom. The van der Waals surface area contributed by atoms with Crippen LogP contribution in [0.3, 0.4) is 0 Å². The van der Waals surface area contributed by atoms with Crippen molar-refractivity contribution in [2.75, 3.05) is 13.2 Å². The van der Waals surface area contributed by atoms with Crippen molar-refractivity contribution < 1.29 is 9.53 Å². The Hall–Kier alpha value is -1.56. The number of amides is 1. The minimum Gasteiger partial charge on any atom is -0.493 e. The predicted octanol–water partition coefficient (Wildman–Crippen LogP) is 3.91. The number of carbonyl (C=O) groups excluding carboxylic acids is 1. The summed E-state index contributed by atoms with van der Waals surface area (Å²) in [7, 11) is 0. The molecule has 0 bridgehead atoms. The fourth-order valence-corrected chi connectivity index (χ4v) is 3.48. The third kappa shape index (κ3) is 4.47. The van der Waals surface area contributed by atoms with E-state index in [0.29, 0.717) is 18.9 Å². The number of benzene rings is 2. The Balaban J connectivity index is 1.52. The second kappa shape index (κ2) is 7.81. The lowest BCUT2D eigenvalue weighted by atomic mass is 9.90. The van der Waals surface area contributed by atoms with Gasteiger partial charge in [0.2, 0.25) is 5.91 Å². The van der Waals surface area contributed by atoms with E-state index in [-0.39, 0.29) is 5.91 Å². The van der Waals surface area contributed by atoms with Crippen LogP contribution < -0.4 is 10.1 Å². The summed E-state index contributed by atoms with van der Waals surface area (Å²) >= 11 is 2.33. The summed E-state index contributed by atoms with van der Waals surface area (Å²) in [4.78, 5) is 12.0. The molecular weight excluding hydrogens is 401 g/mol. The molecule has 2 aromatic carbocycles. The van der Waals surface area contributed by atoms with E-state index in [1.54, 1.807) is 0 Å². The average Bonchev–Trinajstić information content (AvgIpc) is 2.56. The zero-order valence-electron chi connectivity index (χ0n) is 12.9. The lowest BCUT2D eigenvalue weighted by Gasteiger charge is -2.26. The summed E-state index contributed by atoms with van der Waals surface area (Å²) in [5.41, 5.74) is 2.33. The van der Waals surface area contributed by atoms with Crippen LogP contribution in [0.15, 0.2) is 48.5 Å². The van der Waals surface area contributed by atoms with Crippen molar-refractivity contribution >= 4 is 28.5 Å². The first-order valence-electron chi connectivity index (χ1n) is 7.95. The van der Waals surface area contributed by atoms with Crippen LogP contribution in [0.1, 0.15) is 29.9 Å². The van der Waals surface area contributed by atoms with Crippen molar-refractivity contribution in [3.05, 3.63) is 63.2 Å². The van der Waals surface area contributed by atoms with Crippen LogP contribution >= 0.6 is 22.6 Å². The maximum Gasteiger partial charge on any atom is 0.224 e. The molecule has 2 aromatic rings. The Morgan fingerprint density at radius 1 is 1.22 bits per heavy atom. The lowest BCUT2D eigenvalue weighted by molar-refractivity contribution is -0.120. The SMILES string of the molecule is O=C(Cc1ccccc1)NCCC1CCOc2ccc(I)cc21. The molecule has 1 atom stereocenters. The van der Waals surface area contributed by atoms with E-state index >= 15 is 0 Å². The van der Waals surface area contributed by atoms with Crippen molar-refractivity contribution in [2.45, 2.75) is 25.2 Å². The Kier molecular flexibility index (Phi) is 5.54. The maximum absolute atomic E-state index is 12.0. The molecule has 120 valence electrons. The molecule has 0 fully saturated rings. The van der Waals surface area contributed by atoms with Gasteiger partial charge in [0.25, 0.3) is 0 Å². The molecule has 4 heteroatoms. The number of ether oxygens (including phenoxy) is 1. The van der Waals surface area contributed by atoms with E-state index in [4.69, 9.17) is 4.74 Å². The van der Waals surface area contributed by atoms with E-state index < -0.39 is 0 Å². The summed E-state index contributed by atoms with van der Waals surface area (Å²) < 4.78 is 6.95. The van der Waals surface area contributed by atoms with Gasteiger partial charge < -0.3 is 10.1 Å². The molecule has 1 aliphatic rings. The summed E-state index contributed by atoms with van der Waals surface area (Å²) in [5, 5.41) is 3.04. The Bertz CT molecular complexity index is 672. The van der Waals surface area contributed by atoms with Crippen LogP contribution in [0.25, 0.3) is 0 Å². The zero-order chi connectivity index (χ0) is 16.1. The monoisotopic (exact) mass is 421 g/mol. The highest BCUT2D eigenvalue weighted by molar-refractivity contribution is 14.1. The van der Waals surface area contributed by atoms with Crippen molar-refractivity contribution in [3.63, 3.8) is 0 Å². The molecule has 3 nitrogen and oxygen atoms in total. The van der Waals surface area contributed by atoms with Gasteiger partial charge in [-0.1, -0.05) is 30.3 Å². The second-order valence-electron chi connectivity index (χ2n) is 5.82. The quantitative estimate of drug-likeness (QED) is 0.744. The fourth-order valence-electron chi connectivity index (χ4n) is 2.97. The van der Waals surface area contributed by atoms with E-state index in [1.807, 2.05) is 30.3 Å². The topological polar surface area (TPSA) is 38.3 Å². The van der Waals surface area contributed by atoms with Crippen LogP contribution in [-0.4, -0.2) is 19.1 Å². The number of halogens is 1. The number of hydrogen-bond acceptors (Lipinski definition) is 2. The summed E-state index contributed by atoms with van der Waals surface area (Å²) in [6, 6.07) is 16.2. The molecule has 0 saturated heterocycles. The first-order valence-corrected chi connectivity index (χ1v) is 9.03. The fraction of sp³-hybridized carbons (Fsp3) is 0.316. The molecular formula is C19H20INO2. The normalized spacial score (nSPS) is 16.3. The highest BCUT2D eigenvalue weighted by atomic mass is 127. The van der Waals surface area contributed by atoms with Crippen LogP contribution in [0.4, 0.5) is 0 Å². The first kappa shape index (κ1) is 16.3. The van der Waals surface area contributed by atoms with Gasteiger partial charge in [-0.3, -0.25) is 4.79 Å². The smallest absolute Gasteiger partial charge is 0.224 e. The first-order chi connectivity index (χ1) is 11.2. The van der Waals surface area contributed by atoms with Crippen LogP contribution in [-0.2, 0) is 11.2 Å². The second-order valence-corrected chi connectivity index (χ2v) is 7.06. The van der Waals surface area contributed by atoms with Gasteiger partial charge in [-0.25, -0.2) is 0 Å². The van der Waals surface area contributed by atoms with Gasteiger partial charge in [-0.15, -0.1) is 0 Å². The Morgan fingerprint density at radius 2 is 2.04 bits per heavy atom. The molecule has 1 N–H and O–H groups in total. The van der Waals surface area contributed by atoms with Gasteiger partial charge in [0.15, 0.2) is 0 Å². The highest BCUT2D eigenvalue weighted by Gasteiger charge is 2.21. The number of carbonyl (C=O) groups is 1. The molecule has 0 radical (unpaired) electrons. The molecule has 0 aromatic heterocycles. The van der Waals surface area contributed by atoms with E-state index in [2.05, 4.69) is 46.1 Å². The molecule has 0 saturated carbocycles. The minimum absolute atomic E-state index is 0.0890. The molecule has 0 spiro atoms. The van der Waals surface area contributed by atoms with Gasteiger partial charge in [0.05, 0.1) is 13.0 Å². The van der Waals surface area contributed by atoms with Gasteiger partial charge in [-0.05, 0) is 70.7 Å². The Labute approximate surface area is 150 Å². The molecule has 1 unspecified atom stereocenters. The number of fused-ring (bicyclic) bond motifs is 1. The molecule has 1 heterocycles. The molecule has 3 rings (SSSR count). The minimum atomic E-state index is 0.0890. The third-order valence-corrected chi connectivity index (χ3v) is 4.83.